The Morgan fingerprint density at radius 1 is 0.914 bits per heavy atom. The zero-order chi connectivity index (χ0) is 24.4. The molecule has 5 aromatic rings. The maximum absolute atomic E-state index is 12.6. The van der Waals surface area contributed by atoms with Gasteiger partial charge in [0.25, 0.3) is 11.5 Å². The lowest BCUT2D eigenvalue weighted by atomic mass is 9.94. The monoisotopic (exact) mass is 466 g/mol. The third-order valence-corrected chi connectivity index (χ3v) is 6.03. The average Bonchev–Trinajstić information content (AvgIpc) is 3.29. The highest BCUT2D eigenvalue weighted by atomic mass is 16.2. The molecule has 4 aromatic heterocycles. The second kappa shape index (κ2) is 9.15. The van der Waals surface area contributed by atoms with E-state index >= 15 is 0 Å². The summed E-state index contributed by atoms with van der Waals surface area (Å²) in [4.78, 5) is 33.7. The first-order chi connectivity index (χ1) is 16.9. The van der Waals surface area contributed by atoms with Gasteiger partial charge in [-0.2, -0.15) is 0 Å². The molecule has 2 N–H and O–H groups in total. The fourth-order valence-electron chi connectivity index (χ4n) is 3.99. The van der Waals surface area contributed by atoms with E-state index in [0.717, 1.165) is 11.2 Å². The molecule has 35 heavy (non-hydrogen) atoms. The molecule has 0 aliphatic carbocycles. The van der Waals surface area contributed by atoms with Crippen molar-refractivity contribution in [3.05, 3.63) is 118 Å². The number of nitrogens with zero attached hydrogens (tertiary/aromatic N) is 4. The van der Waals surface area contributed by atoms with Gasteiger partial charge in [0, 0.05) is 36.7 Å². The van der Waals surface area contributed by atoms with Gasteiger partial charge < -0.3 is 15.0 Å². The minimum atomic E-state index is -0.418. The van der Waals surface area contributed by atoms with Gasteiger partial charge >= 0.3 is 0 Å². The van der Waals surface area contributed by atoms with Gasteiger partial charge in [-0.05, 0) is 43.2 Å². The molecule has 0 aliphatic rings. The first-order valence-corrected chi connectivity index (χ1v) is 11.4. The predicted molar refractivity (Wildman–Crippen MR) is 134 cm³/mol. The molecule has 0 unspecified atom stereocenters. The Morgan fingerprint density at radius 2 is 1.71 bits per heavy atom. The van der Waals surface area contributed by atoms with E-state index in [1.165, 1.54) is 16.0 Å². The SMILES string of the molecule is CC(C)(NCc1ccc2nc(CNC(=O)c3cc(=O)n4ccccc4n3)cn2c1)c1ccccc1. The Bertz CT molecular complexity index is 1570. The number of hydrogen-bond acceptors (Lipinski definition) is 5. The number of imidazole rings is 1. The van der Waals surface area contributed by atoms with Gasteiger partial charge in [0.2, 0.25) is 0 Å². The van der Waals surface area contributed by atoms with Crippen LogP contribution in [0.15, 0.2) is 90.1 Å². The fraction of sp³-hybridized carbons (Fsp3) is 0.185. The number of rotatable bonds is 7. The smallest absolute Gasteiger partial charge is 0.270 e. The van der Waals surface area contributed by atoms with Crippen molar-refractivity contribution in [2.45, 2.75) is 32.5 Å². The summed E-state index contributed by atoms with van der Waals surface area (Å²) in [6.45, 7) is 5.26. The summed E-state index contributed by atoms with van der Waals surface area (Å²) in [7, 11) is 0. The number of amides is 1. The molecule has 5 rings (SSSR count). The van der Waals surface area contributed by atoms with Crippen LogP contribution in [0.4, 0.5) is 0 Å². The van der Waals surface area contributed by atoms with E-state index in [0.29, 0.717) is 17.9 Å². The molecule has 0 spiro atoms. The minimum Gasteiger partial charge on any atom is -0.345 e. The van der Waals surface area contributed by atoms with Crippen LogP contribution in [0.25, 0.3) is 11.3 Å². The molecular formula is C27H26N6O2. The van der Waals surface area contributed by atoms with Crippen molar-refractivity contribution in [3.63, 3.8) is 0 Å². The van der Waals surface area contributed by atoms with Crippen LogP contribution >= 0.6 is 0 Å². The van der Waals surface area contributed by atoms with Crippen LogP contribution in [0.3, 0.4) is 0 Å². The van der Waals surface area contributed by atoms with Crippen molar-refractivity contribution in [1.82, 2.24) is 29.4 Å². The van der Waals surface area contributed by atoms with Crippen LogP contribution in [0.2, 0.25) is 0 Å². The molecule has 0 saturated carbocycles. The summed E-state index contributed by atoms with van der Waals surface area (Å²) in [6.07, 6.45) is 5.55. The number of benzene rings is 1. The Hall–Kier alpha value is -4.30. The molecule has 1 aromatic carbocycles. The largest absolute Gasteiger partial charge is 0.345 e. The predicted octanol–water partition coefficient (Wildman–Crippen LogP) is 3.30. The molecule has 0 aliphatic heterocycles. The summed E-state index contributed by atoms with van der Waals surface area (Å²) in [5.74, 6) is -0.418. The van der Waals surface area contributed by atoms with E-state index < -0.39 is 5.91 Å². The normalized spacial score (nSPS) is 11.7. The second-order valence-electron chi connectivity index (χ2n) is 8.97. The maximum Gasteiger partial charge on any atom is 0.270 e. The lowest BCUT2D eigenvalue weighted by molar-refractivity contribution is 0.0945. The quantitative estimate of drug-likeness (QED) is 0.384. The first kappa shape index (κ1) is 22.5. The van der Waals surface area contributed by atoms with E-state index in [1.54, 1.807) is 24.4 Å². The molecule has 0 bridgehead atoms. The topological polar surface area (TPSA) is 92.8 Å². The van der Waals surface area contributed by atoms with E-state index in [9.17, 15) is 9.59 Å². The zero-order valence-corrected chi connectivity index (χ0v) is 19.6. The number of pyridine rings is 2. The van der Waals surface area contributed by atoms with Crippen LogP contribution in [-0.4, -0.2) is 24.7 Å². The summed E-state index contributed by atoms with van der Waals surface area (Å²) >= 11 is 0. The average molecular weight is 467 g/mol. The van der Waals surface area contributed by atoms with Gasteiger partial charge in [0.15, 0.2) is 0 Å². The molecular weight excluding hydrogens is 440 g/mol. The second-order valence-corrected chi connectivity index (χ2v) is 8.97. The zero-order valence-electron chi connectivity index (χ0n) is 19.6. The number of carbonyl (C=O) groups is 1. The van der Waals surface area contributed by atoms with Crippen LogP contribution in [0.1, 0.15) is 41.2 Å². The van der Waals surface area contributed by atoms with Crippen molar-refractivity contribution >= 4 is 17.2 Å². The van der Waals surface area contributed by atoms with Gasteiger partial charge in [0.05, 0.1) is 12.2 Å². The lowest BCUT2D eigenvalue weighted by Gasteiger charge is -2.27. The van der Waals surface area contributed by atoms with E-state index in [4.69, 9.17) is 0 Å². The van der Waals surface area contributed by atoms with Crippen molar-refractivity contribution in [2.75, 3.05) is 0 Å². The van der Waals surface area contributed by atoms with Crippen molar-refractivity contribution in [2.24, 2.45) is 0 Å². The fourth-order valence-corrected chi connectivity index (χ4v) is 3.99. The number of fused-ring (bicyclic) bond motifs is 2. The van der Waals surface area contributed by atoms with E-state index in [2.05, 4.69) is 46.6 Å². The molecule has 8 heteroatoms. The van der Waals surface area contributed by atoms with Gasteiger partial charge in [-0.3, -0.25) is 14.0 Å². The van der Waals surface area contributed by atoms with Crippen molar-refractivity contribution < 1.29 is 4.79 Å². The first-order valence-electron chi connectivity index (χ1n) is 11.4. The summed E-state index contributed by atoms with van der Waals surface area (Å²) < 4.78 is 3.35. The number of carbonyl (C=O) groups excluding carboxylic acids is 1. The third kappa shape index (κ3) is 4.83. The molecule has 0 fully saturated rings. The molecule has 4 heterocycles. The van der Waals surface area contributed by atoms with Crippen LogP contribution in [0.5, 0.6) is 0 Å². The Labute approximate surface area is 202 Å². The molecule has 176 valence electrons. The summed E-state index contributed by atoms with van der Waals surface area (Å²) in [5, 5.41) is 6.42. The molecule has 8 nitrogen and oxygen atoms in total. The van der Waals surface area contributed by atoms with Gasteiger partial charge in [-0.1, -0.05) is 42.5 Å². The summed E-state index contributed by atoms with van der Waals surface area (Å²) in [5.41, 5.74) is 3.90. The standard InChI is InChI=1S/C27H26N6O2/c1-27(2,20-8-4-3-5-9-20)29-15-19-11-12-23-30-21(18-32(23)17-19)16-28-26(35)22-14-25(34)33-13-7-6-10-24(33)31-22/h3-14,17-18,29H,15-16H2,1-2H3,(H,28,35). The minimum absolute atomic E-state index is 0.0827. The van der Waals surface area contributed by atoms with E-state index in [1.807, 2.05) is 47.1 Å². The number of nitrogens with one attached hydrogen (secondary N) is 2. The Balaban J connectivity index is 1.26. The Morgan fingerprint density at radius 3 is 2.54 bits per heavy atom. The van der Waals surface area contributed by atoms with E-state index in [-0.39, 0.29) is 23.3 Å². The summed E-state index contributed by atoms with van der Waals surface area (Å²) in [6, 6.07) is 20.8. The maximum atomic E-state index is 12.6. The molecule has 1 amide bonds. The highest BCUT2D eigenvalue weighted by Crippen LogP contribution is 2.20. The molecule has 0 saturated heterocycles. The number of hydrogen-bond donors (Lipinski definition) is 2. The molecule has 0 atom stereocenters. The van der Waals surface area contributed by atoms with Gasteiger partial charge in [-0.25, -0.2) is 9.97 Å². The van der Waals surface area contributed by atoms with Crippen LogP contribution in [-0.2, 0) is 18.6 Å². The van der Waals surface area contributed by atoms with Crippen LogP contribution in [0, 0.1) is 0 Å². The molecule has 0 radical (unpaired) electrons. The highest BCUT2D eigenvalue weighted by Gasteiger charge is 2.19. The van der Waals surface area contributed by atoms with Crippen molar-refractivity contribution in [3.8, 4) is 0 Å². The third-order valence-electron chi connectivity index (χ3n) is 6.03. The lowest BCUT2D eigenvalue weighted by Crippen LogP contribution is -2.35. The van der Waals surface area contributed by atoms with Crippen LogP contribution < -0.4 is 16.2 Å². The number of aromatic nitrogens is 4. The van der Waals surface area contributed by atoms with Crippen molar-refractivity contribution in [1.29, 1.82) is 0 Å². The van der Waals surface area contributed by atoms with Gasteiger partial charge in [0.1, 0.15) is 17.0 Å². The highest BCUT2D eigenvalue weighted by molar-refractivity contribution is 5.92. The van der Waals surface area contributed by atoms with Gasteiger partial charge in [-0.15, -0.1) is 0 Å². The Kier molecular flexibility index (Phi) is 5.88.